The molecule has 0 spiro atoms. The first-order valence-corrected chi connectivity index (χ1v) is 8.30. The Kier molecular flexibility index (Phi) is 4.85. The van der Waals surface area contributed by atoms with E-state index in [0.717, 1.165) is 43.9 Å². The second kappa shape index (κ2) is 7.05. The monoisotopic (exact) mass is 328 g/mol. The summed E-state index contributed by atoms with van der Waals surface area (Å²) in [7, 11) is 2.08. The van der Waals surface area contributed by atoms with Crippen LogP contribution in [-0.2, 0) is 6.54 Å². The molecular weight excluding hydrogens is 304 g/mol. The van der Waals surface area contributed by atoms with Gasteiger partial charge in [-0.25, -0.2) is 0 Å². The topological polar surface area (TPSA) is 75.6 Å². The van der Waals surface area contributed by atoms with Gasteiger partial charge in [-0.1, -0.05) is 5.16 Å². The van der Waals surface area contributed by atoms with Crippen molar-refractivity contribution in [3.05, 3.63) is 47.3 Å². The molecule has 6 heteroatoms. The van der Waals surface area contributed by atoms with Gasteiger partial charge in [-0.3, -0.25) is 9.69 Å². The Balaban J connectivity index is 1.63. The predicted molar refractivity (Wildman–Crippen MR) is 92.5 cm³/mol. The minimum atomic E-state index is 0.0744. The number of nitrogens with zero attached hydrogens (tertiary/aromatic N) is 3. The number of aromatic nitrogens is 1. The van der Waals surface area contributed by atoms with Crippen molar-refractivity contribution in [2.75, 3.05) is 25.9 Å². The van der Waals surface area contributed by atoms with E-state index in [1.165, 1.54) is 0 Å². The van der Waals surface area contributed by atoms with Gasteiger partial charge in [0.1, 0.15) is 5.76 Å². The molecule has 0 radical (unpaired) electrons. The Morgan fingerprint density at radius 1 is 1.42 bits per heavy atom. The van der Waals surface area contributed by atoms with E-state index in [2.05, 4.69) is 17.1 Å². The van der Waals surface area contributed by atoms with Gasteiger partial charge in [-0.15, -0.1) is 0 Å². The van der Waals surface area contributed by atoms with E-state index in [-0.39, 0.29) is 5.91 Å². The lowest BCUT2D eigenvalue weighted by molar-refractivity contribution is 0.0599. The molecule has 24 heavy (non-hydrogen) atoms. The van der Waals surface area contributed by atoms with Gasteiger partial charge in [-0.05, 0) is 51.1 Å². The molecule has 1 aliphatic heterocycles. The zero-order chi connectivity index (χ0) is 17.1. The molecule has 1 aromatic heterocycles. The highest BCUT2D eigenvalue weighted by Gasteiger charge is 2.27. The Labute approximate surface area is 142 Å². The summed E-state index contributed by atoms with van der Waals surface area (Å²) in [5, 5.41) is 4.05. The van der Waals surface area contributed by atoms with Gasteiger partial charge in [0.2, 0.25) is 0 Å². The van der Waals surface area contributed by atoms with E-state index < -0.39 is 0 Å². The molecule has 1 unspecified atom stereocenters. The highest BCUT2D eigenvalue weighted by atomic mass is 16.5. The maximum atomic E-state index is 12.7. The van der Waals surface area contributed by atoms with E-state index in [1.807, 2.05) is 17.9 Å². The molecular formula is C18H24N4O2. The normalized spacial score (nSPS) is 18.1. The first-order chi connectivity index (χ1) is 11.5. The fourth-order valence-electron chi connectivity index (χ4n) is 3.18. The Bertz CT molecular complexity index is 695. The van der Waals surface area contributed by atoms with Crippen LogP contribution in [0.1, 0.15) is 34.7 Å². The van der Waals surface area contributed by atoms with Gasteiger partial charge in [-0.2, -0.15) is 0 Å². The quantitative estimate of drug-likeness (QED) is 0.872. The van der Waals surface area contributed by atoms with Gasteiger partial charge in [0.15, 0.2) is 0 Å². The number of piperidine rings is 1. The lowest BCUT2D eigenvalue weighted by Gasteiger charge is -2.37. The first kappa shape index (κ1) is 16.5. The molecule has 1 aliphatic rings. The SMILES string of the molecule is Cc1cc(CN(C)C2CCCN(C(=O)c3ccc(N)cc3)C2)no1. The molecule has 2 aromatic rings. The van der Waals surface area contributed by atoms with Crippen LogP contribution in [0, 0.1) is 6.92 Å². The van der Waals surface area contributed by atoms with Gasteiger partial charge >= 0.3 is 0 Å². The van der Waals surface area contributed by atoms with Crippen molar-refractivity contribution in [3.8, 4) is 0 Å². The summed E-state index contributed by atoms with van der Waals surface area (Å²) in [6, 6.07) is 9.41. The Hall–Kier alpha value is -2.34. The molecule has 0 bridgehead atoms. The number of likely N-dealkylation sites (N-methyl/N-ethyl adjacent to an activating group) is 1. The summed E-state index contributed by atoms with van der Waals surface area (Å²) in [6.45, 7) is 4.16. The lowest BCUT2D eigenvalue weighted by Crippen LogP contribution is -2.48. The van der Waals surface area contributed by atoms with Crippen LogP contribution < -0.4 is 5.73 Å². The fourth-order valence-corrected chi connectivity index (χ4v) is 3.18. The molecule has 2 N–H and O–H groups in total. The molecule has 2 heterocycles. The Morgan fingerprint density at radius 2 is 2.17 bits per heavy atom. The van der Waals surface area contributed by atoms with Crippen LogP contribution in [0.2, 0.25) is 0 Å². The van der Waals surface area contributed by atoms with Crippen molar-refractivity contribution in [2.24, 2.45) is 0 Å². The third-order valence-electron chi connectivity index (χ3n) is 4.55. The summed E-state index contributed by atoms with van der Waals surface area (Å²) < 4.78 is 5.13. The van der Waals surface area contributed by atoms with Crippen molar-refractivity contribution in [1.29, 1.82) is 0 Å². The third-order valence-corrected chi connectivity index (χ3v) is 4.55. The number of carbonyl (C=O) groups is 1. The molecule has 3 rings (SSSR count). The highest BCUT2D eigenvalue weighted by Crippen LogP contribution is 2.19. The largest absolute Gasteiger partial charge is 0.399 e. The molecule has 1 fully saturated rings. The van der Waals surface area contributed by atoms with Crippen molar-refractivity contribution < 1.29 is 9.32 Å². The summed E-state index contributed by atoms with van der Waals surface area (Å²) in [4.78, 5) is 16.9. The van der Waals surface area contributed by atoms with Gasteiger partial charge in [0, 0.05) is 43.0 Å². The zero-order valence-electron chi connectivity index (χ0n) is 14.2. The van der Waals surface area contributed by atoms with Crippen LogP contribution in [0.15, 0.2) is 34.9 Å². The molecule has 1 amide bonds. The maximum absolute atomic E-state index is 12.7. The predicted octanol–water partition coefficient (Wildman–Crippen LogP) is 2.30. The fraction of sp³-hybridized carbons (Fsp3) is 0.444. The van der Waals surface area contributed by atoms with Crippen LogP contribution in [0.25, 0.3) is 0 Å². The van der Waals surface area contributed by atoms with Gasteiger partial charge in [0.05, 0.1) is 5.69 Å². The minimum absolute atomic E-state index is 0.0744. The number of nitrogen functional groups attached to an aromatic ring is 1. The molecule has 6 nitrogen and oxygen atoms in total. The number of benzene rings is 1. The number of likely N-dealkylation sites (tertiary alicyclic amines) is 1. The molecule has 1 aromatic carbocycles. The molecule has 0 aliphatic carbocycles. The zero-order valence-corrected chi connectivity index (χ0v) is 14.2. The van der Waals surface area contributed by atoms with E-state index in [4.69, 9.17) is 10.3 Å². The number of nitrogens with two attached hydrogens (primary N) is 1. The summed E-state index contributed by atoms with van der Waals surface area (Å²) in [5.74, 6) is 0.896. The van der Waals surface area contributed by atoms with E-state index in [9.17, 15) is 4.79 Å². The number of carbonyl (C=O) groups excluding carboxylic acids is 1. The number of rotatable bonds is 4. The third kappa shape index (κ3) is 3.76. The minimum Gasteiger partial charge on any atom is -0.399 e. The van der Waals surface area contributed by atoms with Crippen LogP contribution in [0.5, 0.6) is 0 Å². The van der Waals surface area contributed by atoms with Gasteiger partial charge in [0.25, 0.3) is 5.91 Å². The number of hydrogen-bond acceptors (Lipinski definition) is 5. The second-order valence-electron chi connectivity index (χ2n) is 6.51. The highest BCUT2D eigenvalue weighted by molar-refractivity contribution is 5.94. The van der Waals surface area contributed by atoms with Crippen LogP contribution in [0.3, 0.4) is 0 Å². The van der Waals surface area contributed by atoms with Crippen LogP contribution in [0.4, 0.5) is 5.69 Å². The number of anilines is 1. The van der Waals surface area contributed by atoms with Crippen molar-refractivity contribution in [1.82, 2.24) is 15.0 Å². The average molecular weight is 328 g/mol. The second-order valence-corrected chi connectivity index (χ2v) is 6.51. The smallest absolute Gasteiger partial charge is 0.253 e. The molecule has 0 saturated carbocycles. The van der Waals surface area contributed by atoms with E-state index in [1.54, 1.807) is 24.3 Å². The summed E-state index contributed by atoms with van der Waals surface area (Å²) >= 11 is 0. The van der Waals surface area contributed by atoms with Crippen LogP contribution >= 0.6 is 0 Å². The van der Waals surface area contributed by atoms with E-state index in [0.29, 0.717) is 17.3 Å². The standard InChI is InChI=1S/C18H24N4O2/c1-13-10-16(20-24-13)11-21(2)17-4-3-9-22(12-17)18(23)14-5-7-15(19)8-6-14/h5-8,10,17H,3-4,9,11-12,19H2,1-2H3. The number of aryl methyl sites for hydroxylation is 1. The molecule has 128 valence electrons. The lowest BCUT2D eigenvalue weighted by atomic mass is 10.0. The van der Waals surface area contributed by atoms with E-state index >= 15 is 0 Å². The first-order valence-electron chi connectivity index (χ1n) is 8.30. The summed E-state index contributed by atoms with van der Waals surface area (Å²) in [6.07, 6.45) is 2.09. The van der Waals surface area contributed by atoms with Gasteiger partial charge < -0.3 is 15.2 Å². The number of amides is 1. The Morgan fingerprint density at radius 3 is 2.83 bits per heavy atom. The van der Waals surface area contributed by atoms with Crippen molar-refractivity contribution >= 4 is 11.6 Å². The maximum Gasteiger partial charge on any atom is 0.253 e. The molecule has 1 atom stereocenters. The number of hydrogen-bond donors (Lipinski definition) is 1. The van der Waals surface area contributed by atoms with Crippen molar-refractivity contribution in [2.45, 2.75) is 32.4 Å². The molecule has 1 saturated heterocycles. The van der Waals surface area contributed by atoms with Crippen molar-refractivity contribution in [3.63, 3.8) is 0 Å². The average Bonchev–Trinajstić information content (AvgIpc) is 3.00. The van der Waals surface area contributed by atoms with Crippen LogP contribution in [-0.4, -0.2) is 47.0 Å². The summed E-state index contributed by atoms with van der Waals surface area (Å²) in [5.41, 5.74) is 7.99.